The number of hydrogen-bond acceptors (Lipinski definition) is 7. The minimum Gasteiger partial charge on any atom is -0.388 e. The Morgan fingerprint density at radius 3 is 2.70 bits per heavy atom. The molecule has 0 spiro atoms. The number of pyridine rings is 1. The van der Waals surface area contributed by atoms with E-state index in [0.29, 0.717) is 37.4 Å². The van der Waals surface area contributed by atoms with Crippen molar-refractivity contribution in [3.05, 3.63) is 28.7 Å². The SMILES string of the molecule is CC1CC(Nc2ncc3ccc(=O)n([C@@H]4CCC[C@@]4(C)O)c3n2)CCN1S(C)(=O)=O. The Morgan fingerprint density at radius 1 is 1.30 bits per heavy atom. The average Bonchev–Trinajstić information content (AvgIpc) is 2.99. The van der Waals surface area contributed by atoms with Gasteiger partial charge in [-0.2, -0.15) is 9.29 Å². The van der Waals surface area contributed by atoms with Gasteiger partial charge in [0.25, 0.3) is 5.56 Å². The molecule has 3 heterocycles. The van der Waals surface area contributed by atoms with Crippen LogP contribution in [0.25, 0.3) is 11.0 Å². The van der Waals surface area contributed by atoms with E-state index in [4.69, 9.17) is 0 Å². The van der Waals surface area contributed by atoms with Gasteiger partial charge in [0, 0.05) is 36.3 Å². The molecule has 30 heavy (non-hydrogen) atoms. The topological polar surface area (TPSA) is 117 Å². The van der Waals surface area contributed by atoms with Gasteiger partial charge < -0.3 is 10.4 Å². The summed E-state index contributed by atoms with van der Waals surface area (Å²) in [4.78, 5) is 21.7. The maximum Gasteiger partial charge on any atom is 0.252 e. The highest BCUT2D eigenvalue weighted by molar-refractivity contribution is 7.88. The second kappa shape index (κ2) is 7.58. The minimum atomic E-state index is -3.22. The van der Waals surface area contributed by atoms with Gasteiger partial charge in [0.2, 0.25) is 16.0 Å². The fraction of sp³-hybridized carbons (Fsp3) is 0.650. The maximum atomic E-state index is 12.7. The van der Waals surface area contributed by atoms with Gasteiger partial charge in [0.1, 0.15) is 5.65 Å². The van der Waals surface area contributed by atoms with Gasteiger partial charge in [0.05, 0.1) is 17.9 Å². The van der Waals surface area contributed by atoms with Crippen LogP contribution in [-0.4, -0.2) is 62.8 Å². The van der Waals surface area contributed by atoms with Crippen LogP contribution in [0.15, 0.2) is 23.1 Å². The summed E-state index contributed by atoms with van der Waals surface area (Å²) in [5, 5.41) is 14.8. The number of aliphatic hydroxyl groups is 1. The Hall–Kier alpha value is -2.04. The van der Waals surface area contributed by atoms with Gasteiger partial charge in [-0.1, -0.05) is 0 Å². The molecule has 2 fully saturated rings. The van der Waals surface area contributed by atoms with Gasteiger partial charge in [-0.05, 0) is 52.0 Å². The molecule has 164 valence electrons. The van der Waals surface area contributed by atoms with Crippen LogP contribution in [0.1, 0.15) is 52.0 Å². The standard InChI is InChI=1S/C20H29N5O4S/c1-13-11-15(8-10-24(13)30(3,28)29)22-19-21-12-14-6-7-17(26)25(18(14)23-19)16-5-4-9-20(16,2)27/h6-7,12-13,15-16,27H,4-5,8-11H2,1-3H3,(H,21,22,23)/t13?,15?,16-,20-/m1/s1. The lowest BCUT2D eigenvalue weighted by Gasteiger charge is -2.36. The molecule has 2 N–H and O–H groups in total. The second-order valence-electron chi connectivity index (χ2n) is 8.87. The Bertz CT molecular complexity index is 1110. The molecule has 2 aromatic rings. The van der Waals surface area contributed by atoms with Crippen molar-refractivity contribution in [1.82, 2.24) is 18.8 Å². The van der Waals surface area contributed by atoms with E-state index in [0.717, 1.165) is 18.2 Å². The number of anilines is 1. The Kier molecular flexibility index (Phi) is 5.36. The maximum absolute atomic E-state index is 12.7. The lowest BCUT2D eigenvalue weighted by molar-refractivity contribution is 0.0267. The van der Waals surface area contributed by atoms with Gasteiger partial charge in [-0.25, -0.2) is 13.4 Å². The molecule has 4 rings (SSSR count). The molecule has 2 aromatic heterocycles. The first-order chi connectivity index (χ1) is 14.1. The molecule has 2 aliphatic rings. The lowest BCUT2D eigenvalue weighted by atomic mass is 10.00. The summed E-state index contributed by atoms with van der Waals surface area (Å²) in [5.74, 6) is 0.407. The van der Waals surface area contributed by atoms with Crippen LogP contribution in [-0.2, 0) is 10.0 Å². The van der Waals surface area contributed by atoms with Crippen LogP contribution in [0.4, 0.5) is 5.95 Å². The van der Waals surface area contributed by atoms with Crippen LogP contribution < -0.4 is 10.9 Å². The normalized spacial score (nSPS) is 30.6. The van der Waals surface area contributed by atoms with Gasteiger partial charge >= 0.3 is 0 Å². The minimum absolute atomic E-state index is 0.0360. The number of nitrogens with zero attached hydrogens (tertiary/aromatic N) is 4. The molecule has 2 unspecified atom stereocenters. The summed E-state index contributed by atoms with van der Waals surface area (Å²) >= 11 is 0. The van der Waals surface area contributed by atoms with Crippen molar-refractivity contribution >= 4 is 27.0 Å². The summed E-state index contributed by atoms with van der Waals surface area (Å²) in [6, 6.07) is 2.80. The highest BCUT2D eigenvalue weighted by Crippen LogP contribution is 2.39. The molecule has 0 bridgehead atoms. The molecule has 0 radical (unpaired) electrons. The van der Waals surface area contributed by atoms with Gasteiger partial charge in [-0.3, -0.25) is 9.36 Å². The zero-order valence-corrected chi connectivity index (χ0v) is 18.4. The van der Waals surface area contributed by atoms with E-state index in [9.17, 15) is 18.3 Å². The van der Waals surface area contributed by atoms with Crippen LogP contribution in [0.3, 0.4) is 0 Å². The first kappa shape index (κ1) is 21.2. The highest BCUT2D eigenvalue weighted by Gasteiger charge is 2.39. The van der Waals surface area contributed by atoms with E-state index < -0.39 is 15.6 Å². The van der Waals surface area contributed by atoms with Crippen molar-refractivity contribution in [2.24, 2.45) is 0 Å². The lowest BCUT2D eigenvalue weighted by Crippen LogP contribution is -2.47. The van der Waals surface area contributed by atoms with Crippen molar-refractivity contribution in [3.63, 3.8) is 0 Å². The fourth-order valence-corrected chi connectivity index (χ4v) is 6.08. The van der Waals surface area contributed by atoms with E-state index in [1.54, 1.807) is 23.8 Å². The van der Waals surface area contributed by atoms with Gasteiger partial charge in [-0.15, -0.1) is 0 Å². The summed E-state index contributed by atoms with van der Waals surface area (Å²) in [7, 11) is -3.22. The number of piperidine rings is 1. The summed E-state index contributed by atoms with van der Waals surface area (Å²) in [5.41, 5.74) is -0.631. The summed E-state index contributed by atoms with van der Waals surface area (Å²) in [6.45, 7) is 4.12. The van der Waals surface area contributed by atoms with Crippen molar-refractivity contribution in [2.75, 3.05) is 18.1 Å². The molecule has 1 saturated carbocycles. The predicted molar refractivity (Wildman–Crippen MR) is 115 cm³/mol. The zero-order chi connectivity index (χ0) is 21.7. The van der Waals surface area contributed by atoms with Crippen molar-refractivity contribution in [1.29, 1.82) is 0 Å². The molecular formula is C20H29N5O4S. The van der Waals surface area contributed by atoms with Crippen molar-refractivity contribution < 1.29 is 13.5 Å². The number of rotatable bonds is 4. The van der Waals surface area contributed by atoms with Gasteiger partial charge in [0.15, 0.2) is 0 Å². The van der Waals surface area contributed by atoms with Crippen LogP contribution in [0.2, 0.25) is 0 Å². The Labute approximate surface area is 176 Å². The van der Waals surface area contributed by atoms with Crippen LogP contribution in [0, 0.1) is 0 Å². The molecule has 1 aliphatic carbocycles. The monoisotopic (exact) mass is 435 g/mol. The Morgan fingerprint density at radius 2 is 2.07 bits per heavy atom. The third-order valence-electron chi connectivity index (χ3n) is 6.43. The van der Waals surface area contributed by atoms with E-state index in [2.05, 4.69) is 15.3 Å². The first-order valence-corrected chi connectivity index (χ1v) is 12.2. The van der Waals surface area contributed by atoms with Crippen molar-refractivity contribution in [2.45, 2.75) is 69.7 Å². The number of fused-ring (bicyclic) bond motifs is 1. The highest BCUT2D eigenvalue weighted by atomic mass is 32.2. The molecule has 4 atom stereocenters. The molecule has 0 aromatic carbocycles. The average molecular weight is 436 g/mol. The second-order valence-corrected chi connectivity index (χ2v) is 10.8. The molecule has 1 aliphatic heterocycles. The number of hydrogen-bond donors (Lipinski definition) is 2. The Balaban J connectivity index is 1.63. The predicted octanol–water partition coefficient (Wildman–Crippen LogP) is 1.49. The van der Waals surface area contributed by atoms with Crippen LogP contribution >= 0.6 is 0 Å². The third-order valence-corrected chi connectivity index (χ3v) is 7.83. The molecule has 0 amide bonds. The van der Waals surface area contributed by atoms with Crippen LogP contribution in [0.5, 0.6) is 0 Å². The largest absolute Gasteiger partial charge is 0.388 e. The van der Waals surface area contributed by atoms with E-state index in [1.165, 1.54) is 16.6 Å². The molecule has 10 heteroatoms. The van der Waals surface area contributed by atoms with E-state index in [1.807, 2.05) is 6.92 Å². The van der Waals surface area contributed by atoms with Crippen molar-refractivity contribution in [3.8, 4) is 0 Å². The summed E-state index contributed by atoms with van der Waals surface area (Å²) < 4.78 is 26.9. The number of sulfonamides is 1. The zero-order valence-electron chi connectivity index (χ0n) is 17.6. The molecular weight excluding hydrogens is 406 g/mol. The van der Waals surface area contributed by atoms with E-state index in [-0.39, 0.29) is 23.7 Å². The first-order valence-electron chi connectivity index (χ1n) is 10.4. The quantitative estimate of drug-likeness (QED) is 0.747. The smallest absolute Gasteiger partial charge is 0.252 e. The fourth-order valence-electron chi connectivity index (χ4n) is 4.90. The number of aromatic nitrogens is 3. The molecule has 9 nitrogen and oxygen atoms in total. The summed E-state index contributed by atoms with van der Waals surface area (Å²) in [6.07, 6.45) is 6.44. The van der Waals surface area contributed by atoms with E-state index >= 15 is 0 Å². The third kappa shape index (κ3) is 3.95. The molecule has 1 saturated heterocycles. The number of nitrogens with one attached hydrogen (secondary N) is 1.